The topological polar surface area (TPSA) is 756 Å². The van der Waals surface area contributed by atoms with Crippen molar-refractivity contribution in [1.82, 2.24) is 53.2 Å². The molecule has 0 spiro atoms. The first-order chi connectivity index (χ1) is 66.4. The Bertz CT molecular complexity index is 4220. The lowest BCUT2D eigenvalue weighted by Crippen LogP contribution is -2.50. The minimum absolute atomic E-state index is 0.00500. The van der Waals surface area contributed by atoms with E-state index in [0.29, 0.717) is 82.5 Å². The average Bonchev–Trinajstić information content (AvgIpc) is 1.66. The number of fused-ring (bicyclic) bond motifs is 1. The number of aromatic hydroxyl groups is 1. The summed E-state index contributed by atoms with van der Waals surface area (Å²) < 4.78 is 27.6. The van der Waals surface area contributed by atoms with E-state index in [1.807, 2.05) is 18.7 Å². The third kappa shape index (κ3) is 50.5. The van der Waals surface area contributed by atoms with E-state index in [-0.39, 0.29) is 101 Å². The van der Waals surface area contributed by atoms with Gasteiger partial charge in [-0.15, -0.1) is 0 Å². The molecule has 47 heteroatoms. The molecule has 2 saturated heterocycles. The summed E-state index contributed by atoms with van der Waals surface area (Å²) in [5, 5.41) is 77.8. The fraction of sp³-hybridized carbons (Fsp3) is 0.710. The lowest BCUT2D eigenvalue weighted by molar-refractivity contribution is -0.139. The molecule has 2 heterocycles. The van der Waals surface area contributed by atoms with Crippen LogP contribution in [-0.2, 0) is 126 Å². The summed E-state index contributed by atoms with van der Waals surface area (Å²) in [5.74, 6) is -26.5. The lowest BCUT2D eigenvalue weighted by Gasteiger charge is -2.26. The highest BCUT2D eigenvalue weighted by atomic mass is 32.2. The Hall–Kier alpha value is -10.9. The number of phenols is 1. The number of hydrogen-bond donors (Lipinski definition) is 20. The summed E-state index contributed by atoms with van der Waals surface area (Å²) in [5.41, 5.74) is 28.0. The van der Waals surface area contributed by atoms with Gasteiger partial charge in [-0.2, -0.15) is 11.8 Å². The zero-order chi connectivity index (χ0) is 105. The molecule has 788 valence electrons. The van der Waals surface area contributed by atoms with Crippen LogP contribution in [0.15, 0.2) is 24.3 Å². The molecule has 0 saturated carbocycles. The number of amides is 14. The van der Waals surface area contributed by atoms with Gasteiger partial charge in [-0.3, -0.25) is 95.9 Å². The number of thioether (sulfide) groups is 1. The van der Waals surface area contributed by atoms with Crippen LogP contribution in [0.25, 0.3) is 0 Å². The molecule has 14 amide bonds. The van der Waals surface area contributed by atoms with Crippen LogP contribution >= 0.6 is 11.8 Å². The van der Waals surface area contributed by atoms with Crippen LogP contribution in [0.4, 0.5) is 4.79 Å². The van der Waals surface area contributed by atoms with Gasteiger partial charge in [0.1, 0.15) is 11.8 Å². The van der Waals surface area contributed by atoms with E-state index in [9.17, 15) is 126 Å². The Balaban J connectivity index is 1.61. The molecule has 2 unspecified atom stereocenters. The molecule has 2 aliphatic rings. The number of hydrogen-bond acceptors (Lipinski definition) is 32. The number of unbranched alkanes of at least 4 members (excludes halogenated alkanes) is 4. The van der Waals surface area contributed by atoms with Crippen LogP contribution < -0.4 is 81.8 Å². The number of carbonyl (C=O) groups excluding carboxylic acids is 20. The van der Waals surface area contributed by atoms with Gasteiger partial charge in [0, 0.05) is 124 Å². The molecule has 18 atom stereocenters. The predicted molar refractivity (Wildman–Crippen MR) is 505 cm³/mol. The van der Waals surface area contributed by atoms with E-state index >= 15 is 0 Å². The van der Waals surface area contributed by atoms with E-state index in [2.05, 4.69) is 53.2 Å². The van der Waals surface area contributed by atoms with Crippen molar-refractivity contribution in [2.45, 2.75) is 281 Å². The number of ketones is 7. The van der Waals surface area contributed by atoms with Gasteiger partial charge in [-0.05, 0) is 103 Å². The van der Waals surface area contributed by atoms with Gasteiger partial charge in [0.25, 0.3) is 0 Å². The number of ether oxygens (including phenoxy) is 5. The van der Waals surface area contributed by atoms with Gasteiger partial charge in [0.2, 0.25) is 70.9 Å². The number of benzene rings is 1. The van der Waals surface area contributed by atoms with E-state index in [1.165, 1.54) is 52.0 Å². The monoisotopic (exact) mass is 2000 g/mol. The van der Waals surface area contributed by atoms with Crippen molar-refractivity contribution in [3.05, 3.63) is 29.8 Å². The van der Waals surface area contributed by atoms with Crippen molar-refractivity contribution in [2.75, 3.05) is 98.1 Å². The van der Waals surface area contributed by atoms with Crippen molar-refractivity contribution in [2.24, 2.45) is 70.1 Å². The standard InChI is InChI=1S/C93H149N15O31S/c1-7-8-9-15-66(74(116)42-54(3)87(128)105-69(49-81(97)122)77(119)48-65(57(6)111)91(132)104-68(24-27-84(125)126)73(115)41-53(2)86(98)127)102-90(131)61(43-58-18-21-62(112)22-19-58)44-63(113)50-100-88(129)60(20-25-79(95)120)46-75(117)67(23-26-80(96)121)103-89(130)59(14-12-13-29-94)45-76(118)70(51-109)106-92(133)64(56(5)110)47-72(114)55(4)101-83(124)28-31-135-33-35-137-37-39-139-40-38-138-36-34-136-32-30-99-82(123)17-11-10-16-78-85-71(52-140-78)107-93(134)108-85/h18-19,21-22,53-57,59-61,64-71,78,85,109-112H,7-17,20,23-52,94H2,1-6H3,(H2,95,120)(H2,96,121)(H2,97,122)(H2,98,127)(H,99,123)(H,100,129)(H,101,124)(H,102,131)(H,103,130)(H,104,132)(H,105,128)(H,106,133)(H,125,126)(H2,107,108,134)/t53-,54-,55-,56+,57-,59-,60-,61-,64?,65?,66-,67-,68-,69+,70-,71-,78+,85-/m1/s1. The summed E-state index contributed by atoms with van der Waals surface area (Å²) in [6.45, 7) is 9.25. The van der Waals surface area contributed by atoms with Crippen molar-refractivity contribution in [1.29, 1.82) is 0 Å². The smallest absolute Gasteiger partial charge is 0.315 e. The summed E-state index contributed by atoms with van der Waals surface area (Å²) >= 11 is 1.85. The van der Waals surface area contributed by atoms with E-state index < -0.39 is 304 Å². The number of carbonyl (C=O) groups is 21. The van der Waals surface area contributed by atoms with Crippen LogP contribution in [-0.4, -0.2) is 313 Å². The van der Waals surface area contributed by atoms with Gasteiger partial charge in [0.15, 0.2) is 40.5 Å². The summed E-state index contributed by atoms with van der Waals surface area (Å²) in [4.78, 5) is 279. The number of aliphatic hydroxyl groups excluding tert-OH is 3. The largest absolute Gasteiger partial charge is 0.508 e. The second-order valence-electron chi connectivity index (χ2n) is 35.5. The molecule has 0 aromatic heterocycles. The maximum absolute atomic E-state index is 14.6. The first kappa shape index (κ1) is 123. The zero-order valence-electron chi connectivity index (χ0n) is 81.0. The number of primary amides is 4. The number of phenolic OH excluding ortho intramolecular Hbond substituents is 1. The molecular formula is C93H149N15O31S. The molecule has 0 radical (unpaired) electrons. The second-order valence-corrected chi connectivity index (χ2v) is 36.8. The minimum Gasteiger partial charge on any atom is -0.508 e. The normalized spacial score (nSPS) is 17.0. The van der Waals surface area contributed by atoms with Gasteiger partial charge in [-0.1, -0.05) is 65.0 Å². The molecule has 0 aliphatic carbocycles. The molecular weight excluding hydrogens is 1860 g/mol. The highest BCUT2D eigenvalue weighted by Crippen LogP contribution is 2.34. The van der Waals surface area contributed by atoms with Crippen molar-refractivity contribution in [3.63, 3.8) is 0 Å². The second kappa shape index (κ2) is 68.3. The van der Waals surface area contributed by atoms with Crippen LogP contribution in [0.5, 0.6) is 5.75 Å². The molecule has 2 aliphatic heterocycles. The summed E-state index contributed by atoms with van der Waals surface area (Å²) in [6, 6.07) is -3.39. The SMILES string of the molecule is CCCCC[C@@H](NC(=O)[C@@H](CC(=O)CNC(=O)[C@H](CCC(N)=O)CC(=O)[C@@H](CCC(N)=O)NC(=O)[C@H](CCCCN)CC(=O)[C@@H](CO)NC(=O)C(CC(=O)[C@@H](C)NC(=O)CCOCCOCCOCCOCCOCCNC(=O)CCCC[C@@H]1SC[C@H]2NC(=O)N[C@@H]12)[C@H](C)O)Cc1ccc(O)cc1)C(=O)C[C@@H](C)C(=O)N[C@@H](CC(N)=O)C(=O)CC(C(=O)N[C@H](CCC(=O)O)C(=O)C[C@@H](C)C(N)=O)[C@@H](C)O. The highest BCUT2D eigenvalue weighted by molar-refractivity contribution is 8.00. The number of carboxylic acid groups (broad SMARTS) is 1. The first-order valence-corrected chi connectivity index (χ1v) is 48.9. The van der Waals surface area contributed by atoms with E-state index in [1.54, 1.807) is 0 Å². The van der Waals surface area contributed by atoms with Crippen LogP contribution in [0, 0.1) is 41.4 Å². The molecule has 3 rings (SSSR count). The fourth-order valence-electron chi connectivity index (χ4n) is 15.3. The molecule has 25 N–H and O–H groups in total. The van der Waals surface area contributed by atoms with E-state index in [4.69, 9.17) is 52.4 Å². The predicted octanol–water partition coefficient (Wildman–Crippen LogP) is -2.42. The molecule has 1 aromatic carbocycles. The summed E-state index contributed by atoms with van der Waals surface area (Å²) in [7, 11) is 0. The molecule has 46 nitrogen and oxygen atoms in total. The number of nitrogens with one attached hydrogen (secondary N) is 10. The maximum Gasteiger partial charge on any atom is 0.315 e. The number of aliphatic carboxylic acids is 1. The third-order valence-electron chi connectivity index (χ3n) is 23.7. The van der Waals surface area contributed by atoms with Crippen molar-refractivity contribution < 1.29 is 150 Å². The van der Waals surface area contributed by atoms with Gasteiger partial charge in [0.05, 0.1) is 152 Å². The van der Waals surface area contributed by atoms with Gasteiger partial charge in [-0.25, -0.2) is 4.79 Å². The zero-order valence-corrected chi connectivity index (χ0v) is 81.9. The van der Waals surface area contributed by atoms with Crippen molar-refractivity contribution in [3.8, 4) is 5.75 Å². The van der Waals surface area contributed by atoms with Crippen LogP contribution in [0.2, 0.25) is 0 Å². The molecule has 2 fully saturated rings. The number of rotatable bonds is 82. The summed E-state index contributed by atoms with van der Waals surface area (Å²) in [6.07, 6.45) is -7.09. The Kier molecular flexibility index (Phi) is 60.1. The molecule has 0 bridgehead atoms. The quantitative estimate of drug-likeness (QED) is 0.0238. The Morgan fingerprint density at radius 3 is 1.48 bits per heavy atom. The van der Waals surface area contributed by atoms with E-state index in [0.717, 1.165) is 31.9 Å². The van der Waals surface area contributed by atoms with Gasteiger partial charge >= 0.3 is 12.0 Å². The van der Waals surface area contributed by atoms with Crippen LogP contribution in [0.3, 0.4) is 0 Å². The first-order valence-electron chi connectivity index (χ1n) is 47.8. The highest BCUT2D eigenvalue weighted by Gasteiger charge is 2.44. The Morgan fingerprint density at radius 2 is 0.936 bits per heavy atom. The Morgan fingerprint density at radius 1 is 0.450 bits per heavy atom. The number of Topliss-reactive ketones (excluding diaryl/α,β-unsaturated/α-hetero) is 7. The third-order valence-corrected chi connectivity index (χ3v) is 25.3. The molecule has 140 heavy (non-hydrogen) atoms. The van der Waals surface area contributed by atoms with Gasteiger partial charge < -0.3 is 131 Å². The van der Waals surface area contributed by atoms with Crippen LogP contribution in [0.1, 0.15) is 214 Å². The Labute approximate surface area is 818 Å². The minimum atomic E-state index is -1.76. The number of carboxylic acids is 1. The maximum atomic E-state index is 14.6. The molecule has 1 aromatic rings. The van der Waals surface area contributed by atoms with Crippen molar-refractivity contribution >= 4 is 135 Å². The fourth-order valence-corrected chi connectivity index (χ4v) is 16.9. The lowest BCUT2D eigenvalue weighted by atomic mass is 9.89. The number of urea groups is 1. The number of nitrogens with two attached hydrogens (primary N) is 5. The average molecular weight is 2010 g/mol. The number of aliphatic hydroxyl groups is 3.